The van der Waals surface area contributed by atoms with E-state index in [0.29, 0.717) is 18.0 Å². The zero-order chi connectivity index (χ0) is 23.6. The van der Waals surface area contributed by atoms with Crippen molar-refractivity contribution in [2.45, 2.75) is 38.3 Å². The van der Waals surface area contributed by atoms with E-state index in [9.17, 15) is 0 Å². The molecule has 6 nitrogen and oxygen atoms in total. The maximum atomic E-state index is 4.60. The van der Waals surface area contributed by atoms with Crippen LogP contribution in [-0.2, 0) is 0 Å². The van der Waals surface area contributed by atoms with E-state index in [0.717, 1.165) is 71.2 Å². The van der Waals surface area contributed by atoms with Crippen molar-refractivity contribution in [1.29, 1.82) is 0 Å². The number of aromatic nitrogens is 4. The van der Waals surface area contributed by atoms with Crippen molar-refractivity contribution in [3.8, 4) is 34.4 Å². The van der Waals surface area contributed by atoms with Crippen LogP contribution in [-0.4, -0.2) is 33.0 Å². The Balaban J connectivity index is 0.00000133. The van der Waals surface area contributed by atoms with Gasteiger partial charge in [0, 0.05) is 16.8 Å². The molecule has 2 aromatic heterocycles. The first-order chi connectivity index (χ1) is 17.2. The number of aromatic amines is 2. The Labute approximate surface area is 212 Å². The molecule has 0 saturated carbocycles. The highest BCUT2D eigenvalue weighted by atomic mass is 15.0. The second kappa shape index (κ2) is 9.53. The number of nitrogens with zero attached hydrogens (tertiary/aromatic N) is 2. The van der Waals surface area contributed by atoms with E-state index in [1.807, 2.05) is 12.4 Å². The summed E-state index contributed by atoms with van der Waals surface area (Å²) >= 11 is 0. The van der Waals surface area contributed by atoms with Crippen LogP contribution in [0, 0.1) is 17.8 Å². The maximum absolute atomic E-state index is 4.60. The van der Waals surface area contributed by atoms with Crippen LogP contribution in [0.4, 0.5) is 0 Å². The average Bonchev–Trinajstić information content (AvgIpc) is 3.70. The molecule has 0 bridgehead atoms. The highest BCUT2D eigenvalue weighted by Gasteiger charge is 2.24. The fourth-order valence-electron chi connectivity index (χ4n) is 4.97. The molecule has 0 aliphatic carbocycles. The summed E-state index contributed by atoms with van der Waals surface area (Å²) in [6, 6.07) is 17.3. The SMILES string of the molecule is C[C@@H]1CN[C@H](c2ncc(-c3ccc(C#Cc4ccc(-c5cnc([C@@H]6CCCN6)[nH]5)cc4)cc3)[nH]2)C1.[HH].[HH].[HH].[HH]. The molecule has 4 N–H and O–H groups in total. The second-order valence-electron chi connectivity index (χ2n) is 9.72. The first kappa shape index (κ1) is 21.8. The van der Waals surface area contributed by atoms with Crippen LogP contribution in [0.15, 0.2) is 60.9 Å². The van der Waals surface area contributed by atoms with Gasteiger partial charge in [0.15, 0.2) is 0 Å². The van der Waals surface area contributed by atoms with Crippen LogP contribution >= 0.6 is 0 Å². The summed E-state index contributed by atoms with van der Waals surface area (Å²) in [6.45, 7) is 4.39. The van der Waals surface area contributed by atoms with Crippen LogP contribution < -0.4 is 10.6 Å². The highest BCUT2D eigenvalue weighted by molar-refractivity contribution is 5.62. The molecule has 6 heteroatoms. The number of imidazole rings is 2. The molecule has 0 unspecified atom stereocenters. The fourth-order valence-corrected chi connectivity index (χ4v) is 4.97. The topological polar surface area (TPSA) is 81.4 Å². The minimum absolute atomic E-state index is 0. The predicted octanol–water partition coefficient (Wildman–Crippen LogP) is 5.95. The monoisotopic (exact) mass is 470 g/mol. The number of rotatable bonds is 4. The first-order valence-electron chi connectivity index (χ1n) is 12.5. The van der Waals surface area contributed by atoms with E-state index in [1.165, 1.54) is 6.42 Å². The molecule has 0 amide bonds. The van der Waals surface area contributed by atoms with E-state index >= 15 is 0 Å². The molecule has 6 rings (SSSR count). The van der Waals surface area contributed by atoms with Gasteiger partial charge >= 0.3 is 0 Å². The lowest BCUT2D eigenvalue weighted by Gasteiger charge is -2.06. The van der Waals surface area contributed by atoms with Gasteiger partial charge in [-0.05, 0) is 73.7 Å². The minimum atomic E-state index is 0. The lowest BCUT2D eigenvalue weighted by atomic mass is 10.1. The number of hydrogen-bond acceptors (Lipinski definition) is 4. The highest BCUT2D eigenvalue weighted by Crippen LogP contribution is 2.27. The van der Waals surface area contributed by atoms with Crippen LogP contribution in [0.25, 0.3) is 22.5 Å². The molecule has 2 saturated heterocycles. The molecule has 0 spiro atoms. The molecule has 2 aliphatic heterocycles. The summed E-state index contributed by atoms with van der Waals surface area (Å²) < 4.78 is 0. The van der Waals surface area contributed by atoms with Crippen LogP contribution in [0.3, 0.4) is 0 Å². The molecule has 184 valence electrons. The number of hydrogen-bond donors (Lipinski definition) is 4. The zero-order valence-electron chi connectivity index (χ0n) is 19.9. The summed E-state index contributed by atoms with van der Waals surface area (Å²) in [5, 5.41) is 7.02. The predicted molar refractivity (Wildman–Crippen MR) is 147 cm³/mol. The van der Waals surface area contributed by atoms with Gasteiger partial charge in [-0.1, -0.05) is 43.0 Å². The van der Waals surface area contributed by atoms with Gasteiger partial charge in [-0.2, -0.15) is 0 Å². The quantitative estimate of drug-likeness (QED) is 0.278. The molecule has 4 heterocycles. The third-order valence-corrected chi connectivity index (χ3v) is 7.01. The number of benzene rings is 2. The van der Waals surface area contributed by atoms with E-state index in [-0.39, 0.29) is 5.71 Å². The third kappa shape index (κ3) is 4.79. The first-order valence-corrected chi connectivity index (χ1v) is 12.5. The zero-order valence-corrected chi connectivity index (χ0v) is 19.9. The lowest BCUT2D eigenvalue weighted by molar-refractivity contribution is 0.588. The minimum Gasteiger partial charge on any atom is -0.341 e. The summed E-state index contributed by atoms with van der Waals surface area (Å²) in [5.74, 6) is 9.31. The Bertz CT molecular complexity index is 1370. The van der Waals surface area contributed by atoms with Crippen molar-refractivity contribution in [2.75, 3.05) is 13.1 Å². The molecular weight excluding hydrogens is 432 g/mol. The largest absolute Gasteiger partial charge is 0.341 e. The van der Waals surface area contributed by atoms with Crippen molar-refractivity contribution < 1.29 is 5.71 Å². The fraction of sp³-hybridized carbons (Fsp3) is 0.310. The molecular formula is C29H38N6. The number of nitrogens with one attached hydrogen (secondary N) is 4. The molecule has 2 fully saturated rings. The summed E-state index contributed by atoms with van der Waals surface area (Å²) in [7, 11) is 0. The van der Waals surface area contributed by atoms with Crippen molar-refractivity contribution >= 4 is 0 Å². The van der Waals surface area contributed by atoms with Crippen LogP contribution in [0.5, 0.6) is 0 Å². The summed E-state index contributed by atoms with van der Waals surface area (Å²) in [6.07, 6.45) is 7.32. The van der Waals surface area contributed by atoms with E-state index < -0.39 is 0 Å². The van der Waals surface area contributed by atoms with Gasteiger partial charge in [0.1, 0.15) is 11.6 Å². The lowest BCUT2D eigenvalue weighted by Crippen LogP contribution is -2.14. The van der Waals surface area contributed by atoms with E-state index in [4.69, 9.17) is 0 Å². The number of H-pyrrole nitrogens is 2. The Kier molecular flexibility index (Phi) is 5.95. The van der Waals surface area contributed by atoms with E-state index in [1.54, 1.807) is 0 Å². The van der Waals surface area contributed by atoms with Crippen molar-refractivity contribution in [2.24, 2.45) is 5.92 Å². The second-order valence-corrected chi connectivity index (χ2v) is 9.72. The van der Waals surface area contributed by atoms with Crippen LogP contribution in [0.1, 0.15) is 66.8 Å². The van der Waals surface area contributed by atoms with Gasteiger partial charge in [0.05, 0.1) is 35.9 Å². The molecule has 0 radical (unpaired) electrons. The van der Waals surface area contributed by atoms with Gasteiger partial charge in [0.2, 0.25) is 0 Å². The van der Waals surface area contributed by atoms with Gasteiger partial charge in [-0.15, -0.1) is 0 Å². The maximum Gasteiger partial charge on any atom is 0.123 e. The Morgan fingerprint density at radius 2 is 1.34 bits per heavy atom. The standard InChI is InChI=1S/C29H30N6.4H2/c1-19-15-25(31-16-19)29-33-18-27(35-29)23-12-8-21(9-13-23)5-4-20-6-10-22(11-7-20)26-17-32-28(34-26)24-3-2-14-30-24;;;;/h6-13,17-19,24-25,30-31H,2-3,14-16H2,1H3,(H,32,34)(H,33,35);4*1H/t19-,24-,25-;;;;/m0..../s1. The molecule has 4 aromatic rings. The molecule has 35 heavy (non-hydrogen) atoms. The molecule has 3 atom stereocenters. The normalized spacial score (nSPS) is 21.7. The Morgan fingerprint density at radius 3 is 1.83 bits per heavy atom. The van der Waals surface area contributed by atoms with Crippen molar-refractivity contribution in [1.82, 2.24) is 30.6 Å². The van der Waals surface area contributed by atoms with Gasteiger partial charge in [0.25, 0.3) is 0 Å². The van der Waals surface area contributed by atoms with Crippen molar-refractivity contribution in [3.63, 3.8) is 0 Å². The van der Waals surface area contributed by atoms with Crippen molar-refractivity contribution in [3.05, 3.63) is 83.7 Å². The molecule has 2 aliphatic rings. The Hall–Kier alpha value is -3.66. The average molecular weight is 471 g/mol. The van der Waals surface area contributed by atoms with Gasteiger partial charge in [-0.25, -0.2) is 9.97 Å². The summed E-state index contributed by atoms with van der Waals surface area (Å²) in [4.78, 5) is 16.1. The van der Waals surface area contributed by atoms with Gasteiger partial charge < -0.3 is 20.6 Å². The third-order valence-electron chi connectivity index (χ3n) is 7.01. The van der Waals surface area contributed by atoms with E-state index in [2.05, 4.69) is 97.9 Å². The van der Waals surface area contributed by atoms with Gasteiger partial charge in [-0.3, -0.25) is 0 Å². The molecule has 2 aromatic carbocycles. The Morgan fingerprint density at radius 1 is 0.771 bits per heavy atom. The van der Waals surface area contributed by atoms with Crippen LogP contribution in [0.2, 0.25) is 0 Å². The smallest absolute Gasteiger partial charge is 0.123 e. The summed E-state index contributed by atoms with van der Waals surface area (Å²) in [5.41, 5.74) is 6.32.